The number of nitrogens with one attached hydrogen (secondary N) is 1. The fourth-order valence-electron chi connectivity index (χ4n) is 4.04. The largest absolute Gasteiger partial charge is 0.390 e. The van der Waals surface area contributed by atoms with Crippen LogP contribution in [0.1, 0.15) is 60.3 Å². The van der Waals surface area contributed by atoms with E-state index < -0.39 is 25.0 Å². The summed E-state index contributed by atoms with van der Waals surface area (Å²) in [6.45, 7) is 4.01. The Kier molecular flexibility index (Phi) is 7.11. The van der Waals surface area contributed by atoms with Gasteiger partial charge >= 0.3 is 6.18 Å². The Hall–Kier alpha value is -2.02. The lowest BCUT2D eigenvalue weighted by Gasteiger charge is -2.24. The van der Waals surface area contributed by atoms with Crippen LogP contribution in [-0.4, -0.2) is 28.2 Å². The summed E-state index contributed by atoms with van der Waals surface area (Å²) in [5, 5.41) is 2.92. The van der Waals surface area contributed by atoms with E-state index in [1.54, 1.807) is 13.0 Å². The first-order chi connectivity index (χ1) is 14.2. The number of imidazole rings is 1. The van der Waals surface area contributed by atoms with Crippen molar-refractivity contribution in [3.8, 4) is 11.4 Å². The molecule has 1 amide bonds. The minimum atomic E-state index is -4.31. The van der Waals surface area contributed by atoms with E-state index >= 15 is 0 Å². The van der Waals surface area contributed by atoms with E-state index in [9.17, 15) is 18.0 Å². The van der Waals surface area contributed by atoms with Gasteiger partial charge in [-0.15, -0.1) is 0 Å². The first-order valence-corrected chi connectivity index (χ1v) is 10.7. The molecule has 1 N–H and O–H groups in total. The summed E-state index contributed by atoms with van der Waals surface area (Å²) < 4.78 is 39.3. The number of hydrogen-bond acceptors (Lipinski definition) is 2. The molecule has 0 saturated heterocycles. The minimum Gasteiger partial charge on any atom is -0.350 e. The maximum absolute atomic E-state index is 12.6. The molecule has 2 aromatic rings. The summed E-state index contributed by atoms with van der Waals surface area (Å²) in [6.07, 6.45) is 0.486. The molecule has 164 valence electrons. The normalized spacial score (nSPS) is 15.4. The Morgan fingerprint density at radius 3 is 2.60 bits per heavy atom. The van der Waals surface area contributed by atoms with Gasteiger partial charge in [0.1, 0.15) is 11.5 Å². The van der Waals surface area contributed by atoms with Gasteiger partial charge in [-0.1, -0.05) is 36.9 Å². The SMILES string of the molecule is Cc1ccc(Cl)cc1-c1nc(C(=O)NCCC(F)(F)F)c(C)n1CC1CCCCC1. The van der Waals surface area contributed by atoms with E-state index in [2.05, 4.69) is 10.3 Å². The van der Waals surface area contributed by atoms with Crippen molar-refractivity contribution < 1.29 is 18.0 Å². The monoisotopic (exact) mass is 441 g/mol. The molecule has 0 aliphatic heterocycles. The first-order valence-electron chi connectivity index (χ1n) is 10.3. The van der Waals surface area contributed by atoms with Crippen LogP contribution in [0.25, 0.3) is 11.4 Å². The molecule has 1 saturated carbocycles. The van der Waals surface area contributed by atoms with Crippen molar-refractivity contribution in [1.82, 2.24) is 14.9 Å². The van der Waals surface area contributed by atoms with Crippen LogP contribution >= 0.6 is 11.6 Å². The van der Waals surface area contributed by atoms with Crippen LogP contribution in [0, 0.1) is 19.8 Å². The van der Waals surface area contributed by atoms with Crippen molar-refractivity contribution >= 4 is 17.5 Å². The minimum absolute atomic E-state index is 0.169. The van der Waals surface area contributed by atoms with Gasteiger partial charge in [-0.05, 0) is 50.3 Å². The second-order valence-electron chi connectivity index (χ2n) is 8.06. The van der Waals surface area contributed by atoms with Crippen LogP contribution in [0.2, 0.25) is 5.02 Å². The second-order valence-corrected chi connectivity index (χ2v) is 8.50. The number of alkyl halides is 3. The summed E-state index contributed by atoms with van der Waals surface area (Å²) in [5.41, 5.74) is 2.64. The number of carbonyl (C=O) groups is 1. The Balaban J connectivity index is 1.94. The third kappa shape index (κ3) is 5.56. The number of aryl methyl sites for hydroxylation is 1. The fourth-order valence-corrected chi connectivity index (χ4v) is 4.21. The third-order valence-corrected chi connectivity index (χ3v) is 5.97. The van der Waals surface area contributed by atoms with Crippen LogP contribution in [0.3, 0.4) is 0 Å². The topological polar surface area (TPSA) is 46.9 Å². The summed E-state index contributed by atoms with van der Waals surface area (Å²) in [6, 6.07) is 5.52. The smallest absolute Gasteiger partial charge is 0.350 e. The highest BCUT2D eigenvalue weighted by molar-refractivity contribution is 6.30. The van der Waals surface area contributed by atoms with Gasteiger partial charge in [0.05, 0.1) is 6.42 Å². The molecule has 1 aliphatic carbocycles. The zero-order valence-corrected chi connectivity index (χ0v) is 18.0. The average molecular weight is 442 g/mol. The highest BCUT2D eigenvalue weighted by atomic mass is 35.5. The number of aromatic nitrogens is 2. The number of hydrogen-bond donors (Lipinski definition) is 1. The van der Waals surface area contributed by atoms with Gasteiger partial charge in [0.2, 0.25) is 0 Å². The van der Waals surface area contributed by atoms with Crippen LogP contribution < -0.4 is 5.32 Å². The molecule has 30 heavy (non-hydrogen) atoms. The maximum atomic E-state index is 12.6. The number of amides is 1. The van der Waals surface area contributed by atoms with Crippen molar-refractivity contribution in [2.45, 2.75) is 65.1 Å². The summed E-state index contributed by atoms with van der Waals surface area (Å²) >= 11 is 6.21. The van der Waals surface area contributed by atoms with Crippen LogP contribution in [-0.2, 0) is 6.54 Å². The molecule has 0 atom stereocenters. The number of rotatable bonds is 6. The predicted octanol–water partition coefficient (Wildman–Crippen LogP) is 6.08. The molecule has 0 unspecified atom stereocenters. The lowest BCUT2D eigenvalue weighted by molar-refractivity contribution is -0.132. The second kappa shape index (κ2) is 9.41. The van der Waals surface area contributed by atoms with E-state index in [1.165, 1.54) is 19.3 Å². The Labute approximate surface area is 179 Å². The zero-order chi connectivity index (χ0) is 21.9. The van der Waals surface area contributed by atoms with E-state index in [-0.39, 0.29) is 5.69 Å². The van der Waals surface area contributed by atoms with Crippen molar-refractivity contribution in [2.24, 2.45) is 5.92 Å². The van der Waals surface area contributed by atoms with E-state index in [4.69, 9.17) is 11.6 Å². The van der Waals surface area contributed by atoms with Crippen LogP contribution in [0.5, 0.6) is 0 Å². The molecule has 3 rings (SSSR count). The number of carbonyl (C=O) groups excluding carboxylic acids is 1. The number of nitrogens with zero attached hydrogens (tertiary/aromatic N) is 2. The molecule has 1 aromatic carbocycles. The van der Waals surface area contributed by atoms with E-state index in [0.29, 0.717) is 22.5 Å². The van der Waals surface area contributed by atoms with Gasteiger partial charge in [0.15, 0.2) is 0 Å². The lowest BCUT2D eigenvalue weighted by Crippen LogP contribution is -2.28. The van der Waals surface area contributed by atoms with Gasteiger partial charge in [-0.25, -0.2) is 4.98 Å². The van der Waals surface area contributed by atoms with Crippen molar-refractivity contribution in [3.05, 3.63) is 40.2 Å². The zero-order valence-electron chi connectivity index (χ0n) is 17.3. The van der Waals surface area contributed by atoms with E-state index in [1.807, 2.05) is 23.6 Å². The van der Waals surface area contributed by atoms with Gasteiger partial charge in [-0.3, -0.25) is 4.79 Å². The maximum Gasteiger partial charge on any atom is 0.390 e. The van der Waals surface area contributed by atoms with E-state index in [0.717, 1.165) is 30.5 Å². The Bertz CT molecular complexity index is 902. The van der Waals surface area contributed by atoms with Crippen molar-refractivity contribution in [2.75, 3.05) is 6.54 Å². The number of benzene rings is 1. The molecule has 8 heteroatoms. The average Bonchev–Trinajstić information content (AvgIpc) is 3.00. The molecule has 1 aromatic heterocycles. The molecule has 1 fully saturated rings. The molecule has 0 spiro atoms. The van der Waals surface area contributed by atoms with Crippen LogP contribution in [0.15, 0.2) is 18.2 Å². The molecular formula is C22H27ClF3N3O. The Morgan fingerprint density at radius 1 is 1.23 bits per heavy atom. The molecule has 1 aliphatic rings. The summed E-state index contributed by atoms with van der Waals surface area (Å²) in [4.78, 5) is 17.2. The quantitative estimate of drug-likeness (QED) is 0.590. The first kappa shape index (κ1) is 22.7. The fraction of sp³-hybridized carbons (Fsp3) is 0.545. The third-order valence-electron chi connectivity index (χ3n) is 5.74. The standard InChI is InChI=1S/C22H27ClF3N3O/c1-14-8-9-17(23)12-18(14)20-28-19(21(30)27-11-10-22(24,25)26)15(2)29(20)13-16-6-4-3-5-7-16/h8-9,12,16H,3-7,10-11,13H2,1-2H3,(H,27,30). The summed E-state index contributed by atoms with van der Waals surface area (Å²) in [7, 11) is 0. The van der Waals surface area contributed by atoms with Crippen molar-refractivity contribution in [1.29, 1.82) is 0 Å². The molecule has 0 radical (unpaired) electrons. The van der Waals surface area contributed by atoms with Crippen LogP contribution in [0.4, 0.5) is 13.2 Å². The van der Waals surface area contributed by atoms with Crippen molar-refractivity contribution in [3.63, 3.8) is 0 Å². The molecule has 4 nitrogen and oxygen atoms in total. The summed E-state index contributed by atoms with van der Waals surface area (Å²) in [5.74, 6) is 0.546. The highest BCUT2D eigenvalue weighted by Gasteiger charge is 2.28. The van der Waals surface area contributed by atoms with Gasteiger partial charge in [0.25, 0.3) is 5.91 Å². The number of halogens is 4. The predicted molar refractivity (Wildman–Crippen MR) is 112 cm³/mol. The highest BCUT2D eigenvalue weighted by Crippen LogP contribution is 2.32. The molecular weight excluding hydrogens is 415 g/mol. The van der Waals surface area contributed by atoms with Gasteiger partial charge < -0.3 is 9.88 Å². The molecule has 0 bridgehead atoms. The Morgan fingerprint density at radius 2 is 1.93 bits per heavy atom. The molecule has 1 heterocycles. The van der Waals surface area contributed by atoms with Gasteiger partial charge in [0, 0.05) is 29.4 Å². The van der Waals surface area contributed by atoms with Gasteiger partial charge in [-0.2, -0.15) is 13.2 Å². The lowest BCUT2D eigenvalue weighted by atomic mass is 9.89.